The Balaban J connectivity index is 1.85. The Morgan fingerprint density at radius 2 is 1.38 bits per heavy atom. The third-order valence-electron chi connectivity index (χ3n) is 5.46. The van der Waals surface area contributed by atoms with Crippen LogP contribution >= 0.6 is 0 Å². The third-order valence-corrected chi connectivity index (χ3v) is 5.46. The van der Waals surface area contributed by atoms with Crippen molar-refractivity contribution in [2.45, 2.75) is 128 Å². The van der Waals surface area contributed by atoms with Gasteiger partial charge in [-0.15, -0.1) is 0 Å². The van der Waals surface area contributed by atoms with Crippen LogP contribution < -0.4 is 0 Å². The van der Waals surface area contributed by atoms with E-state index < -0.39 is 5.60 Å². The molecular weight excluding hydrogens is 324 g/mol. The number of hydrogen-bond acceptors (Lipinski definition) is 3. The van der Waals surface area contributed by atoms with Gasteiger partial charge in [0.05, 0.1) is 5.60 Å². The van der Waals surface area contributed by atoms with E-state index in [9.17, 15) is 9.90 Å². The Morgan fingerprint density at radius 3 is 1.85 bits per heavy atom. The number of carbonyl (C=O) groups is 1. The molecular formula is C23H42O3. The fourth-order valence-electron chi connectivity index (χ4n) is 3.88. The molecule has 26 heavy (non-hydrogen) atoms. The highest BCUT2D eigenvalue weighted by Gasteiger charge is 2.33. The van der Waals surface area contributed by atoms with Crippen LogP contribution in [0.5, 0.6) is 0 Å². The molecule has 0 heterocycles. The Kier molecular flexibility index (Phi) is 12.7. The zero-order valence-corrected chi connectivity index (χ0v) is 17.3. The predicted molar refractivity (Wildman–Crippen MR) is 109 cm³/mol. The maximum atomic E-state index is 11.0. The van der Waals surface area contributed by atoms with Crippen LogP contribution in [0.2, 0.25) is 0 Å². The standard InChI is InChI=1S/C23H42O3/c1-3-4-5-6-7-8-9-10-11-12-13-14-15-16-18-23(25)19-17-22(20-23)26-21(2)24/h17,19,22,25H,3-16,18,20H2,1-2H3/t22-,23+/m1/s1. The SMILES string of the molecule is CCCCCCCCCCCCCCCC[C@]1(O)C=C[C@@H](OC(C)=O)C1. The average Bonchev–Trinajstić information content (AvgIpc) is 2.95. The molecule has 0 saturated heterocycles. The summed E-state index contributed by atoms with van der Waals surface area (Å²) >= 11 is 0. The Hall–Kier alpha value is -0.830. The second kappa shape index (κ2) is 14.3. The van der Waals surface area contributed by atoms with Crippen LogP contribution in [0, 0.1) is 0 Å². The maximum absolute atomic E-state index is 11.0. The topological polar surface area (TPSA) is 46.5 Å². The molecule has 0 bridgehead atoms. The fourth-order valence-corrected chi connectivity index (χ4v) is 3.88. The third kappa shape index (κ3) is 11.7. The predicted octanol–water partition coefficient (Wildman–Crippen LogP) is 6.48. The molecule has 3 heteroatoms. The van der Waals surface area contributed by atoms with Gasteiger partial charge in [-0.1, -0.05) is 103 Å². The highest BCUT2D eigenvalue weighted by molar-refractivity contribution is 5.66. The monoisotopic (exact) mass is 366 g/mol. The molecule has 0 aromatic carbocycles. The average molecular weight is 367 g/mol. The van der Waals surface area contributed by atoms with E-state index in [2.05, 4.69) is 6.92 Å². The minimum atomic E-state index is -0.767. The molecule has 152 valence electrons. The summed E-state index contributed by atoms with van der Waals surface area (Å²) in [4.78, 5) is 11.0. The summed E-state index contributed by atoms with van der Waals surface area (Å²) in [7, 11) is 0. The smallest absolute Gasteiger partial charge is 0.303 e. The highest BCUT2D eigenvalue weighted by atomic mass is 16.5. The van der Waals surface area contributed by atoms with Gasteiger partial charge in [-0.2, -0.15) is 0 Å². The molecule has 0 aromatic heterocycles. The zero-order chi connectivity index (χ0) is 19.1. The molecule has 1 aliphatic rings. The Labute approximate surface area is 161 Å². The van der Waals surface area contributed by atoms with Crippen LogP contribution in [0.25, 0.3) is 0 Å². The molecule has 0 fully saturated rings. The first-order valence-corrected chi connectivity index (χ1v) is 11.1. The quantitative estimate of drug-likeness (QED) is 0.193. The number of rotatable bonds is 16. The van der Waals surface area contributed by atoms with Gasteiger partial charge in [0.15, 0.2) is 0 Å². The Morgan fingerprint density at radius 1 is 0.923 bits per heavy atom. The molecule has 3 nitrogen and oxygen atoms in total. The van der Waals surface area contributed by atoms with Crippen molar-refractivity contribution in [1.29, 1.82) is 0 Å². The van der Waals surface area contributed by atoms with Gasteiger partial charge in [0, 0.05) is 13.3 Å². The first-order valence-electron chi connectivity index (χ1n) is 11.1. The summed E-state index contributed by atoms with van der Waals surface area (Å²) in [6, 6.07) is 0. The van der Waals surface area contributed by atoms with Gasteiger partial charge >= 0.3 is 5.97 Å². The molecule has 0 amide bonds. The van der Waals surface area contributed by atoms with Crippen LogP contribution in [-0.4, -0.2) is 22.8 Å². The summed E-state index contributed by atoms with van der Waals surface area (Å²) in [6.07, 6.45) is 23.5. The van der Waals surface area contributed by atoms with Crippen molar-refractivity contribution < 1.29 is 14.6 Å². The second-order valence-electron chi connectivity index (χ2n) is 8.16. The molecule has 0 spiro atoms. The minimum absolute atomic E-state index is 0.246. The summed E-state index contributed by atoms with van der Waals surface area (Å²) < 4.78 is 5.14. The first-order chi connectivity index (χ1) is 12.6. The van der Waals surface area contributed by atoms with Gasteiger partial charge < -0.3 is 9.84 Å². The van der Waals surface area contributed by atoms with Crippen LogP contribution in [0.4, 0.5) is 0 Å². The van der Waals surface area contributed by atoms with E-state index in [1.807, 2.05) is 12.2 Å². The van der Waals surface area contributed by atoms with Crippen LogP contribution in [0.3, 0.4) is 0 Å². The number of aliphatic hydroxyl groups is 1. The van der Waals surface area contributed by atoms with Crippen LogP contribution in [0.1, 0.15) is 117 Å². The van der Waals surface area contributed by atoms with E-state index in [0.29, 0.717) is 6.42 Å². The largest absolute Gasteiger partial charge is 0.458 e. The maximum Gasteiger partial charge on any atom is 0.303 e. The van der Waals surface area contributed by atoms with Crippen LogP contribution in [-0.2, 0) is 9.53 Å². The van der Waals surface area contributed by atoms with Crippen molar-refractivity contribution >= 4 is 5.97 Å². The van der Waals surface area contributed by atoms with Crippen molar-refractivity contribution in [1.82, 2.24) is 0 Å². The van der Waals surface area contributed by atoms with Gasteiger partial charge in [-0.3, -0.25) is 4.79 Å². The van der Waals surface area contributed by atoms with Crippen molar-refractivity contribution in [3.8, 4) is 0 Å². The van der Waals surface area contributed by atoms with Crippen molar-refractivity contribution in [2.75, 3.05) is 0 Å². The van der Waals surface area contributed by atoms with Crippen LogP contribution in [0.15, 0.2) is 12.2 Å². The fraction of sp³-hybridized carbons (Fsp3) is 0.870. The molecule has 0 saturated carbocycles. The number of carbonyl (C=O) groups excluding carboxylic acids is 1. The minimum Gasteiger partial charge on any atom is -0.458 e. The molecule has 0 unspecified atom stereocenters. The van der Waals surface area contributed by atoms with E-state index in [0.717, 1.165) is 12.8 Å². The summed E-state index contributed by atoms with van der Waals surface area (Å²) in [5.74, 6) is -0.277. The molecule has 1 aliphatic carbocycles. The lowest BCUT2D eigenvalue weighted by atomic mass is 9.94. The second-order valence-corrected chi connectivity index (χ2v) is 8.16. The lowest BCUT2D eigenvalue weighted by molar-refractivity contribution is -0.145. The number of unbranched alkanes of at least 4 members (excludes halogenated alkanes) is 13. The highest BCUT2D eigenvalue weighted by Crippen LogP contribution is 2.30. The van der Waals surface area contributed by atoms with Gasteiger partial charge in [-0.05, 0) is 12.5 Å². The molecule has 1 N–H and O–H groups in total. The number of ether oxygens (including phenoxy) is 1. The molecule has 2 atom stereocenters. The van der Waals surface area contributed by atoms with Gasteiger partial charge in [0.2, 0.25) is 0 Å². The molecule has 0 aromatic rings. The van der Waals surface area contributed by atoms with E-state index in [4.69, 9.17) is 4.74 Å². The zero-order valence-electron chi connectivity index (χ0n) is 17.3. The summed E-state index contributed by atoms with van der Waals surface area (Å²) in [5, 5.41) is 10.5. The number of esters is 1. The van der Waals surface area contributed by atoms with Crippen molar-refractivity contribution in [2.24, 2.45) is 0 Å². The lowest BCUT2D eigenvalue weighted by Gasteiger charge is -2.22. The molecule has 1 rings (SSSR count). The molecule has 0 radical (unpaired) electrons. The van der Waals surface area contributed by atoms with E-state index in [1.165, 1.54) is 90.4 Å². The number of hydrogen-bond donors (Lipinski definition) is 1. The van der Waals surface area contributed by atoms with E-state index >= 15 is 0 Å². The van der Waals surface area contributed by atoms with E-state index in [1.54, 1.807) is 0 Å². The van der Waals surface area contributed by atoms with Crippen molar-refractivity contribution in [3.05, 3.63) is 12.2 Å². The first kappa shape index (κ1) is 23.2. The molecule has 0 aliphatic heterocycles. The summed E-state index contributed by atoms with van der Waals surface area (Å²) in [5.41, 5.74) is -0.767. The van der Waals surface area contributed by atoms with Gasteiger partial charge in [0.1, 0.15) is 6.10 Å². The summed E-state index contributed by atoms with van der Waals surface area (Å²) in [6.45, 7) is 3.69. The van der Waals surface area contributed by atoms with Gasteiger partial charge in [-0.25, -0.2) is 0 Å². The van der Waals surface area contributed by atoms with Crippen molar-refractivity contribution in [3.63, 3.8) is 0 Å². The lowest BCUT2D eigenvalue weighted by Crippen LogP contribution is -2.27. The van der Waals surface area contributed by atoms with E-state index in [-0.39, 0.29) is 12.1 Å². The van der Waals surface area contributed by atoms with Gasteiger partial charge in [0.25, 0.3) is 0 Å². The Bertz CT molecular complexity index is 391. The normalized spacial score (nSPS) is 22.0.